The van der Waals surface area contributed by atoms with Gasteiger partial charge < -0.3 is 14.3 Å². The Labute approximate surface area is 138 Å². The molecule has 6 heteroatoms. The number of carbonyl (C=O) groups excluding carboxylic acids is 1. The third kappa shape index (κ3) is 3.46. The number of hydrogen-bond donors (Lipinski definition) is 1. The van der Waals surface area contributed by atoms with Crippen LogP contribution in [0.15, 0.2) is 45.3 Å². The fourth-order valence-electron chi connectivity index (χ4n) is 2.27. The van der Waals surface area contributed by atoms with E-state index in [1.54, 1.807) is 38.1 Å². The van der Waals surface area contributed by atoms with E-state index in [2.05, 4.69) is 10.5 Å². The Morgan fingerprint density at radius 2 is 1.96 bits per heavy atom. The lowest BCUT2D eigenvalue weighted by Crippen LogP contribution is -2.23. The number of aryl methyl sites for hydroxylation is 2. The number of nitrogens with one attached hydrogen (secondary N) is 1. The summed E-state index contributed by atoms with van der Waals surface area (Å²) in [5.74, 6) is 1.73. The number of aromatic nitrogens is 1. The standard InChI is InChI=1S/C17H15ClN2O3/c1-10-7-15(11(2)22-10)17(21)19-9-14-8-16(23-20-14)12-3-5-13(18)6-4-12/h3-8H,9H2,1-2H3,(H,19,21). The van der Waals surface area contributed by atoms with E-state index in [-0.39, 0.29) is 12.5 Å². The Morgan fingerprint density at radius 1 is 1.22 bits per heavy atom. The van der Waals surface area contributed by atoms with Crippen LogP contribution in [-0.4, -0.2) is 11.1 Å². The monoisotopic (exact) mass is 330 g/mol. The molecule has 0 unspecified atom stereocenters. The molecule has 0 atom stereocenters. The molecule has 3 rings (SSSR count). The van der Waals surface area contributed by atoms with Gasteiger partial charge in [-0.2, -0.15) is 0 Å². The van der Waals surface area contributed by atoms with Gasteiger partial charge in [0.05, 0.1) is 12.1 Å². The maximum Gasteiger partial charge on any atom is 0.255 e. The van der Waals surface area contributed by atoms with Crippen molar-refractivity contribution in [3.63, 3.8) is 0 Å². The van der Waals surface area contributed by atoms with Crippen LogP contribution in [0.4, 0.5) is 0 Å². The zero-order chi connectivity index (χ0) is 16.4. The highest BCUT2D eigenvalue weighted by molar-refractivity contribution is 6.30. The summed E-state index contributed by atoms with van der Waals surface area (Å²) in [7, 11) is 0. The van der Waals surface area contributed by atoms with Crippen molar-refractivity contribution in [1.29, 1.82) is 0 Å². The Bertz CT molecular complexity index is 834. The highest BCUT2D eigenvalue weighted by Gasteiger charge is 2.14. The van der Waals surface area contributed by atoms with Crippen LogP contribution in [0.1, 0.15) is 27.6 Å². The lowest BCUT2D eigenvalue weighted by molar-refractivity contribution is 0.0948. The second-order valence-corrected chi connectivity index (χ2v) is 5.64. The number of furan rings is 1. The van der Waals surface area contributed by atoms with Crippen molar-refractivity contribution >= 4 is 17.5 Å². The molecule has 0 aliphatic heterocycles. The Hall–Kier alpha value is -2.53. The normalized spacial score (nSPS) is 10.7. The quantitative estimate of drug-likeness (QED) is 0.780. The fraction of sp³-hybridized carbons (Fsp3) is 0.176. The summed E-state index contributed by atoms with van der Waals surface area (Å²) in [6.07, 6.45) is 0. The molecule has 0 aliphatic carbocycles. The van der Waals surface area contributed by atoms with Crippen molar-refractivity contribution in [2.24, 2.45) is 0 Å². The van der Waals surface area contributed by atoms with E-state index in [0.29, 0.717) is 33.6 Å². The number of amides is 1. The van der Waals surface area contributed by atoms with Crippen LogP contribution in [0.3, 0.4) is 0 Å². The Balaban J connectivity index is 1.66. The maximum absolute atomic E-state index is 12.1. The van der Waals surface area contributed by atoms with Crippen molar-refractivity contribution in [2.75, 3.05) is 0 Å². The zero-order valence-corrected chi connectivity index (χ0v) is 13.5. The summed E-state index contributed by atoms with van der Waals surface area (Å²) in [5.41, 5.74) is 2.05. The van der Waals surface area contributed by atoms with Gasteiger partial charge in [0.25, 0.3) is 5.91 Å². The lowest BCUT2D eigenvalue weighted by atomic mass is 10.1. The first kappa shape index (κ1) is 15.4. The first-order chi connectivity index (χ1) is 11.0. The Kier molecular flexibility index (Phi) is 4.21. The minimum absolute atomic E-state index is 0.199. The summed E-state index contributed by atoms with van der Waals surface area (Å²) >= 11 is 5.86. The van der Waals surface area contributed by atoms with E-state index in [1.807, 2.05) is 12.1 Å². The summed E-state index contributed by atoms with van der Waals surface area (Å²) in [6, 6.07) is 10.8. The van der Waals surface area contributed by atoms with Gasteiger partial charge >= 0.3 is 0 Å². The smallest absolute Gasteiger partial charge is 0.255 e. The molecule has 1 aromatic carbocycles. The number of hydrogen-bond acceptors (Lipinski definition) is 4. The van der Waals surface area contributed by atoms with Crippen LogP contribution in [0.2, 0.25) is 5.02 Å². The van der Waals surface area contributed by atoms with Crippen molar-refractivity contribution in [1.82, 2.24) is 10.5 Å². The van der Waals surface area contributed by atoms with Gasteiger partial charge in [-0.1, -0.05) is 16.8 Å². The van der Waals surface area contributed by atoms with Crippen LogP contribution in [0, 0.1) is 13.8 Å². The molecule has 1 amide bonds. The largest absolute Gasteiger partial charge is 0.466 e. The fourth-order valence-corrected chi connectivity index (χ4v) is 2.39. The van der Waals surface area contributed by atoms with Gasteiger partial charge in [0.1, 0.15) is 17.2 Å². The summed E-state index contributed by atoms with van der Waals surface area (Å²) in [4.78, 5) is 12.1. The van der Waals surface area contributed by atoms with Gasteiger partial charge in [-0.05, 0) is 44.2 Å². The third-order valence-electron chi connectivity index (χ3n) is 3.40. The molecule has 0 radical (unpaired) electrons. The minimum Gasteiger partial charge on any atom is -0.466 e. The molecule has 5 nitrogen and oxygen atoms in total. The minimum atomic E-state index is -0.199. The SMILES string of the molecule is Cc1cc(C(=O)NCc2cc(-c3ccc(Cl)cc3)on2)c(C)o1. The number of benzene rings is 1. The molecule has 2 aromatic heterocycles. The summed E-state index contributed by atoms with van der Waals surface area (Å²) in [5, 5.41) is 7.42. The number of carbonyl (C=O) groups is 1. The number of rotatable bonds is 4. The van der Waals surface area contributed by atoms with Crippen LogP contribution >= 0.6 is 11.6 Å². The van der Waals surface area contributed by atoms with Crippen LogP contribution in [0.5, 0.6) is 0 Å². The molecule has 0 spiro atoms. The summed E-state index contributed by atoms with van der Waals surface area (Å²) < 4.78 is 10.6. The van der Waals surface area contributed by atoms with Gasteiger partial charge in [-0.25, -0.2) is 0 Å². The van der Waals surface area contributed by atoms with Crippen LogP contribution < -0.4 is 5.32 Å². The van der Waals surface area contributed by atoms with Crippen molar-refractivity contribution < 1.29 is 13.7 Å². The van der Waals surface area contributed by atoms with Crippen LogP contribution in [0.25, 0.3) is 11.3 Å². The molecular weight excluding hydrogens is 316 g/mol. The van der Waals surface area contributed by atoms with Crippen molar-refractivity contribution in [3.8, 4) is 11.3 Å². The average molecular weight is 331 g/mol. The van der Waals surface area contributed by atoms with E-state index < -0.39 is 0 Å². The molecule has 1 N–H and O–H groups in total. The van der Waals surface area contributed by atoms with Crippen molar-refractivity contribution in [2.45, 2.75) is 20.4 Å². The molecule has 0 aliphatic rings. The van der Waals surface area contributed by atoms with Gasteiger partial charge in [-0.15, -0.1) is 0 Å². The molecule has 0 saturated heterocycles. The average Bonchev–Trinajstić information content (AvgIpc) is 3.12. The molecular formula is C17H15ClN2O3. The molecule has 0 bridgehead atoms. The number of halogens is 1. The zero-order valence-electron chi connectivity index (χ0n) is 12.7. The highest BCUT2D eigenvalue weighted by Crippen LogP contribution is 2.22. The van der Waals surface area contributed by atoms with Crippen molar-refractivity contribution in [3.05, 3.63) is 64.2 Å². The van der Waals surface area contributed by atoms with E-state index >= 15 is 0 Å². The van der Waals surface area contributed by atoms with E-state index in [9.17, 15) is 4.79 Å². The predicted molar refractivity (Wildman–Crippen MR) is 86.3 cm³/mol. The molecule has 23 heavy (non-hydrogen) atoms. The highest BCUT2D eigenvalue weighted by atomic mass is 35.5. The van der Waals surface area contributed by atoms with E-state index in [4.69, 9.17) is 20.5 Å². The molecule has 118 valence electrons. The summed E-state index contributed by atoms with van der Waals surface area (Å²) in [6.45, 7) is 3.84. The van der Waals surface area contributed by atoms with Gasteiger partial charge in [-0.3, -0.25) is 4.79 Å². The van der Waals surface area contributed by atoms with E-state index in [1.165, 1.54) is 0 Å². The molecule has 2 heterocycles. The molecule has 0 fully saturated rings. The predicted octanol–water partition coefficient (Wildman–Crippen LogP) is 4.13. The topological polar surface area (TPSA) is 68.3 Å². The maximum atomic E-state index is 12.1. The first-order valence-corrected chi connectivity index (χ1v) is 7.47. The van der Waals surface area contributed by atoms with Gasteiger partial charge in [0.2, 0.25) is 0 Å². The first-order valence-electron chi connectivity index (χ1n) is 7.09. The Morgan fingerprint density at radius 3 is 2.61 bits per heavy atom. The third-order valence-corrected chi connectivity index (χ3v) is 3.66. The molecule has 0 saturated carbocycles. The molecule has 3 aromatic rings. The second kappa shape index (κ2) is 6.30. The van der Waals surface area contributed by atoms with Gasteiger partial charge in [0, 0.05) is 16.7 Å². The number of nitrogens with zero attached hydrogens (tertiary/aromatic N) is 1. The van der Waals surface area contributed by atoms with Gasteiger partial charge in [0.15, 0.2) is 5.76 Å². The van der Waals surface area contributed by atoms with E-state index in [0.717, 1.165) is 5.56 Å². The lowest BCUT2D eigenvalue weighted by Gasteiger charge is -2.00. The van der Waals surface area contributed by atoms with Crippen LogP contribution in [-0.2, 0) is 6.54 Å². The second-order valence-electron chi connectivity index (χ2n) is 5.20.